The van der Waals surface area contributed by atoms with Crippen LogP contribution in [-0.4, -0.2) is 10.5 Å². The zero-order chi connectivity index (χ0) is 22.6. The van der Waals surface area contributed by atoms with Gasteiger partial charge in [0.05, 0.1) is 6.54 Å². The third-order valence-electron chi connectivity index (χ3n) is 5.71. The van der Waals surface area contributed by atoms with Gasteiger partial charge in [-0.2, -0.15) is 5.26 Å². The highest BCUT2D eigenvalue weighted by atomic mass is 32.1. The Labute approximate surface area is 196 Å². The Balaban J connectivity index is 1.49. The lowest BCUT2D eigenvalue weighted by atomic mass is 10.0. The number of rotatable bonds is 6. The number of fused-ring (bicyclic) bond motifs is 2. The molecular weight excluding hydrogens is 426 g/mol. The molecule has 160 valence electrons. The standard InChI is InChI=1S/C28H21N3OS/c29-16-22(28(32)30-17-24-10-6-14-33-24)15-23-19-31(27-13-4-3-12-26(23)27)18-21-9-5-8-20-7-1-2-11-25(20)21/h1-15,19H,17-18H2,(H,30,32)/b22-15+. The normalized spacial score (nSPS) is 11.5. The average molecular weight is 448 g/mol. The Bertz CT molecular complexity index is 1510. The van der Waals surface area contributed by atoms with Crippen LogP contribution < -0.4 is 5.32 Å². The maximum atomic E-state index is 12.7. The van der Waals surface area contributed by atoms with Crippen molar-refractivity contribution in [3.8, 4) is 6.07 Å². The highest BCUT2D eigenvalue weighted by molar-refractivity contribution is 7.09. The predicted octanol–water partition coefficient (Wildman–Crippen LogP) is 6.13. The van der Waals surface area contributed by atoms with Crippen LogP contribution in [-0.2, 0) is 17.9 Å². The van der Waals surface area contributed by atoms with Gasteiger partial charge in [0.2, 0.25) is 0 Å². The van der Waals surface area contributed by atoms with Gasteiger partial charge in [-0.3, -0.25) is 4.79 Å². The minimum Gasteiger partial charge on any atom is -0.347 e. The number of nitriles is 1. The molecule has 2 heterocycles. The second kappa shape index (κ2) is 9.15. The molecule has 2 aromatic heterocycles. The predicted molar refractivity (Wildman–Crippen MR) is 135 cm³/mol. The number of hydrogen-bond acceptors (Lipinski definition) is 3. The Morgan fingerprint density at radius 3 is 2.58 bits per heavy atom. The average Bonchev–Trinajstić information content (AvgIpc) is 3.50. The number of carbonyl (C=O) groups excluding carboxylic acids is 1. The molecule has 0 atom stereocenters. The van der Waals surface area contributed by atoms with E-state index in [4.69, 9.17) is 0 Å². The zero-order valence-electron chi connectivity index (χ0n) is 17.9. The molecule has 5 heteroatoms. The largest absolute Gasteiger partial charge is 0.347 e. The summed E-state index contributed by atoms with van der Waals surface area (Å²) in [6, 6.07) is 28.8. The van der Waals surface area contributed by atoms with Crippen LogP contribution in [0.5, 0.6) is 0 Å². The van der Waals surface area contributed by atoms with Crippen LogP contribution in [0.4, 0.5) is 0 Å². The lowest BCUT2D eigenvalue weighted by Crippen LogP contribution is -2.23. The van der Waals surface area contributed by atoms with Gasteiger partial charge in [-0.05, 0) is 39.9 Å². The molecule has 0 fully saturated rings. The molecule has 3 aromatic carbocycles. The van der Waals surface area contributed by atoms with Crippen molar-refractivity contribution >= 4 is 45.0 Å². The van der Waals surface area contributed by atoms with Gasteiger partial charge in [-0.15, -0.1) is 11.3 Å². The molecule has 1 amide bonds. The Morgan fingerprint density at radius 2 is 1.76 bits per heavy atom. The maximum Gasteiger partial charge on any atom is 0.262 e. The third kappa shape index (κ3) is 4.30. The molecule has 4 nitrogen and oxygen atoms in total. The van der Waals surface area contributed by atoms with Crippen molar-refractivity contribution in [2.45, 2.75) is 13.1 Å². The van der Waals surface area contributed by atoms with E-state index in [9.17, 15) is 10.1 Å². The van der Waals surface area contributed by atoms with Crippen molar-refractivity contribution in [2.24, 2.45) is 0 Å². The van der Waals surface area contributed by atoms with E-state index in [1.54, 1.807) is 17.4 Å². The molecule has 0 saturated heterocycles. The van der Waals surface area contributed by atoms with E-state index in [1.165, 1.54) is 16.3 Å². The molecule has 0 aliphatic rings. The van der Waals surface area contributed by atoms with Crippen molar-refractivity contribution in [2.75, 3.05) is 0 Å². The molecule has 5 aromatic rings. The molecule has 33 heavy (non-hydrogen) atoms. The van der Waals surface area contributed by atoms with Crippen LogP contribution >= 0.6 is 11.3 Å². The summed E-state index contributed by atoms with van der Waals surface area (Å²) in [5.41, 5.74) is 3.24. The fourth-order valence-corrected chi connectivity index (χ4v) is 4.76. The maximum absolute atomic E-state index is 12.7. The van der Waals surface area contributed by atoms with Crippen molar-refractivity contribution in [3.05, 3.63) is 112 Å². The minimum atomic E-state index is -0.364. The molecule has 0 bridgehead atoms. The fraction of sp³-hybridized carbons (Fsp3) is 0.0714. The van der Waals surface area contributed by atoms with Crippen molar-refractivity contribution in [1.82, 2.24) is 9.88 Å². The zero-order valence-corrected chi connectivity index (χ0v) is 18.7. The number of para-hydroxylation sites is 1. The number of amides is 1. The second-order valence-electron chi connectivity index (χ2n) is 7.80. The molecule has 0 aliphatic heterocycles. The van der Waals surface area contributed by atoms with Crippen LogP contribution in [0.25, 0.3) is 27.8 Å². The van der Waals surface area contributed by atoms with Gasteiger partial charge in [-0.1, -0.05) is 66.7 Å². The number of thiophene rings is 1. The van der Waals surface area contributed by atoms with Gasteiger partial charge in [0.1, 0.15) is 11.6 Å². The summed E-state index contributed by atoms with van der Waals surface area (Å²) in [6.45, 7) is 1.11. The van der Waals surface area contributed by atoms with E-state index in [0.717, 1.165) is 21.3 Å². The van der Waals surface area contributed by atoms with E-state index in [1.807, 2.05) is 48.0 Å². The SMILES string of the molecule is N#C/C(=C\c1cn(Cc2cccc3ccccc23)c2ccccc12)C(=O)NCc1cccs1. The van der Waals surface area contributed by atoms with Gasteiger partial charge in [-0.25, -0.2) is 0 Å². The first-order valence-corrected chi connectivity index (χ1v) is 11.6. The molecule has 0 aliphatic carbocycles. The van der Waals surface area contributed by atoms with Crippen molar-refractivity contribution < 1.29 is 4.79 Å². The minimum absolute atomic E-state index is 0.0969. The first-order chi connectivity index (χ1) is 16.2. The number of hydrogen-bond donors (Lipinski definition) is 1. The van der Waals surface area contributed by atoms with Gasteiger partial charge in [0, 0.05) is 34.1 Å². The molecule has 0 unspecified atom stereocenters. The van der Waals surface area contributed by atoms with Crippen LogP contribution in [0, 0.1) is 11.3 Å². The summed E-state index contributed by atoms with van der Waals surface area (Å²) in [6.07, 6.45) is 3.71. The number of nitrogens with one attached hydrogen (secondary N) is 1. The van der Waals surface area contributed by atoms with Crippen molar-refractivity contribution in [1.29, 1.82) is 5.26 Å². The van der Waals surface area contributed by atoms with E-state index in [2.05, 4.69) is 58.4 Å². The van der Waals surface area contributed by atoms with E-state index in [-0.39, 0.29) is 11.5 Å². The second-order valence-corrected chi connectivity index (χ2v) is 8.83. The van der Waals surface area contributed by atoms with E-state index in [0.29, 0.717) is 13.1 Å². The van der Waals surface area contributed by atoms with Crippen LogP contribution in [0.15, 0.2) is 96.0 Å². The lowest BCUT2D eigenvalue weighted by molar-refractivity contribution is -0.117. The molecule has 1 N–H and O–H groups in total. The quantitative estimate of drug-likeness (QED) is 0.251. The Kier molecular flexibility index (Phi) is 5.75. The molecular formula is C28H21N3OS. The fourth-order valence-electron chi connectivity index (χ4n) is 4.11. The summed E-state index contributed by atoms with van der Waals surface area (Å²) in [4.78, 5) is 13.7. The number of aromatic nitrogens is 1. The summed E-state index contributed by atoms with van der Waals surface area (Å²) in [5, 5.41) is 17.9. The first kappa shape index (κ1) is 20.7. The lowest BCUT2D eigenvalue weighted by Gasteiger charge is -2.09. The van der Waals surface area contributed by atoms with Gasteiger partial charge in [0.25, 0.3) is 5.91 Å². The van der Waals surface area contributed by atoms with Gasteiger partial charge >= 0.3 is 0 Å². The third-order valence-corrected chi connectivity index (χ3v) is 6.58. The van der Waals surface area contributed by atoms with Crippen molar-refractivity contribution in [3.63, 3.8) is 0 Å². The molecule has 0 radical (unpaired) electrons. The molecule has 0 saturated carbocycles. The topological polar surface area (TPSA) is 57.8 Å². The van der Waals surface area contributed by atoms with E-state index < -0.39 is 0 Å². The summed E-state index contributed by atoms with van der Waals surface area (Å²) in [5.74, 6) is -0.364. The molecule has 0 spiro atoms. The summed E-state index contributed by atoms with van der Waals surface area (Å²) >= 11 is 1.57. The van der Waals surface area contributed by atoms with Crippen LogP contribution in [0.2, 0.25) is 0 Å². The highest BCUT2D eigenvalue weighted by Crippen LogP contribution is 2.26. The number of nitrogens with zero attached hydrogens (tertiary/aromatic N) is 2. The van der Waals surface area contributed by atoms with Gasteiger partial charge < -0.3 is 9.88 Å². The first-order valence-electron chi connectivity index (χ1n) is 10.7. The van der Waals surface area contributed by atoms with Crippen LogP contribution in [0.1, 0.15) is 16.0 Å². The van der Waals surface area contributed by atoms with Crippen LogP contribution in [0.3, 0.4) is 0 Å². The monoisotopic (exact) mass is 447 g/mol. The number of carbonyl (C=O) groups is 1. The Morgan fingerprint density at radius 1 is 0.970 bits per heavy atom. The Hall–Kier alpha value is -4.14. The molecule has 5 rings (SSSR count). The van der Waals surface area contributed by atoms with Gasteiger partial charge in [0.15, 0.2) is 0 Å². The summed E-state index contributed by atoms with van der Waals surface area (Å²) in [7, 11) is 0. The number of benzene rings is 3. The van der Waals surface area contributed by atoms with E-state index >= 15 is 0 Å². The summed E-state index contributed by atoms with van der Waals surface area (Å²) < 4.78 is 2.18. The smallest absolute Gasteiger partial charge is 0.262 e. The highest BCUT2D eigenvalue weighted by Gasteiger charge is 2.13.